The maximum Gasteiger partial charge on any atom is 0.275 e. The van der Waals surface area contributed by atoms with Crippen molar-refractivity contribution in [3.05, 3.63) is 41.6 Å². The number of nitrogens with zero attached hydrogens (tertiary/aromatic N) is 1. The topological polar surface area (TPSA) is 41.5 Å². The molecule has 1 aliphatic rings. The Morgan fingerprint density at radius 3 is 2.65 bits per heavy atom. The number of amidine groups is 1. The molecule has 0 fully saturated rings. The highest BCUT2D eigenvalue weighted by atomic mass is 16.2. The Bertz CT molecular complexity index is 486. The standard InChI is InChI=1S/C14H16N2O/c1-3-7-12-15-13(14(17)16-12)10(2)11-8-5-4-6-9-11/h4-6,8-9H,3,7H2,1-2H3,(H,15,16,17)/b13-10-. The monoisotopic (exact) mass is 228 g/mol. The maximum atomic E-state index is 11.8. The third-order valence-corrected chi connectivity index (χ3v) is 2.77. The lowest BCUT2D eigenvalue weighted by molar-refractivity contribution is -0.115. The fraction of sp³-hybridized carbons (Fsp3) is 0.286. The van der Waals surface area contributed by atoms with Crippen molar-refractivity contribution in [3.8, 4) is 0 Å². The zero-order valence-electron chi connectivity index (χ0n) is 10.2. The summed E-state index contributed by atoms with van der Waals surface area (Å²) in [5.74, 6) is 0.692. The van der Waals surface area contributed by atoms with Crippen molar-refractivity contribution >= 4 is 17.3 Å². The van der Waals surface area contributed by atoms with Gasteiger partial charge in [-0.2, -0.15) is 0 Å². The van der Waals surface area contributed by atoms with Gasteiger partial charge in [0.1, 0.15) is 11.5 Å². The van der Waals surface area contributed by atoms with Crippen molar-refractivity contribution in [1.82, 2.24) is 5.32 Å². The predicted molar refractivity (Wildman–Crippen MR) is 69.5 cm³/mol. The minimum atomic E-state index is -0.0881. The normalized spacial score (nSPS) is 17.8. The fourth-order valence-electron chi connectivity index (χ4n) is 1.84. The number of hydrogen-bond acceptors (Lipinski definition) is 2. The summed E-state index contributed by atoms with van der Waals surface area (Å²) in [7, 11) is 0. The Labute approximate surface area is 101 Å². The Morgan fingerprint density at radius 2 is 2.00 bits per heavy atom. The van der Waals surface area contributed by atoms with E-state index in [-0.39, 0.29) is 5.91 Å². The van der Waals surface area contributed by atoms with E-state index in [9.17, 15) is 4.79 Å². The molecule has 3 heteroatoms. The fourth-order valence-corrected chi connectivity index (χ4v) is 1.84. The average Bonchev–Trinajstić information content (AvgIpc) is 2.71. The van der Waals surface area contributed by atoms with Gasteiger partial charge in [-0.3, -0.25) is 4.79 Å². The number of aliphatic imine (C=N–C) groups is 1. The second-order valence-corrected chi connectivity index (χ2v) is 4.10. The van der Waals surface area contributed by atoms with Gasteiger partial charge in [0.15, 0.2) is 0 Å². The molecule has 0 bridgehead atoms. The van der Waals surface area contributed by atoms with Crippen LogP contribution in [0.3, 0.4) is 0 Å². The van der Waals surface area contributed by atoms with Crippen molar-refractivity contribution in [2.24, 2.45) is 4.99 Å². The number of hydrogen-bond donors (Lipinski definition) is 1. The highest BCUT2D eigenvalue weighted by Crippen LogP contribution is 2.21. The van der Waals surface area contributed by atoms with Gasteiger partial charge in [0.05, 0.1) is 0 Å². The molecule has 2 rings (SSSR count). The molecule has 0 saturated heterocycles. The average molecular weight is 228 g/mol. The lowest BCUT2D eigenvalue weighted by atomic mass is 10.1. The number of carbonyl (C=O) groups is 1. The first kappa shape index (κ1) is 11.6. The van der Waals surface area contributed by atoms with Gasteiger partial charge < -0.3 is 5.32 Å². The SMILES string of the molecule is CCCC1=N/C(=C(/C)c2ccccc2)C(=O)N1. The first-order valence-electron chi connectivity index (χ1n) is 5.87. The van der Waals surface area contributed by atoms with Gasteiger partial charge in [0.25, 0.3) is 5.91 Å². The van der Waals surface area contributed by atoms with Gasteiger partial charge in [-0.15, -0.1) is 0 Å². The van der Waals surface area contributed by atoms with Crippen molar-refractivity contribution in [2.75, 3.05) is 0 Å². The minimum Gasteiger partial charge on any atom is -0.309 e. The molecule has 1 aromatic rings. The summed E-state index contributed by atoms with van der Waals surface area (Å²) >= 11 is 0. The van der Waals surface area contributed by atoms with Crippen molar-refractivity contribution < 1.29 is 4.79 Å². The lowest BCUT2D eigenvalue weighted by Crippen LogP contribution is -2.23. The third-order valence-electron chi connectivity index (χ3n) is 2.77. The van der Waals surface area contributed by atoms with Crippen LogP contribution in [0.25, 0.3) is 5.57 Å². The van der Waals surface area contributed by atoms with Crippen molar-refractivity contribution in [3.63, 3.8) is 0 Å². The van der Waals surface area contributed by atoms with E-state index < -0.39 is 0 Å². The van der Waals surface area contributed by atoms with E-state index in [0.717, 1.165) is 29.8 Å². The van der Waals surface area contributed by atoms with Gasteiger partial charge >= 0.3 is 0 Å². The number of allylic oxidation sites excluding steroid dienone is 1. The van der Waals surface area contributed by atoms with E-state index in [1.165, 1.54) is 0 Å². The van der Waals surface area contributed by atoms with Crippen LogP contribution in [0.2, 0.25) is 0 Å². The van der Waals surface area contributed by atoms with Crippen molar-refractivity contribution in [2.45, 2.75) is 26.7 Å². The first-order chi connectivity index (χ1) is 8.22. The molecule has 0 saturated carbocycles. The zero-order valence-corrected chi connectivity index (χ0v) is 10.2. The van der Waals surface area contributed by atoms with Gasteiger partial charge in [-0.05, 0) is 24.5 Å². The lowest BCUT2D eigenvalue weighted by Gasteiger charge is -2.02. The Kier molecular flexibility index (Phi) is 3.38. The molecule has 0 spiro atoms. The van der Waals surface area contributed by atoms with Gasteiger partial charge in [-0.1, -0.05) is 37.3 Å². The highest BCUT2D eigenvalue weighted by molar-refractivity contribution is 6.15. The number of benzene rings is 1. The summed E-state index contributed by atoms with van der Waals surface area (Å²) in [6.07, 6.45) is 1.80. The number of nitrogens with one attached hydrogen (secondary N) is 1. The molecule has 1 amide bonds. The highest BCUT2D eigenvalue weighted by Gasteiger charge is 2.21. The third kappa shape index (κ3) is 2.44. The van der Waals surface area contributed by atoms with Crippen LogP contribution < -0.4 is 5.32 Å². The van der Waals surface area contributed by atoms with E-state index in [1.54, 1.807) is 0 Å². The van der Waals surface area contributed by atoms with Gasteiger partial charge in [0, 0.05) is 6.42 Å². The smallest absolute Gasteiger partial charge is 0.275 e. The summed E-state index contributed by atoms with van der Waals surface area (Å²) in [4.78, 5) is 16.2. The van der Waals surface area contributed by atoms with E-state index in [0.29, 0.717) is 5.70 Å². The van der Waals surface area contributed by atoms with Crippen LogP contribution in [0.15, 0.2) is 41.0 Å². The number of amides is 1. The molecule has 0 atom stereocenters. The van der Waals surface area contributed by atoms with Crippen molar-refractivity contribution in [1.29, 1.82) is 0 Å². The molecule has 0 radical (unpaired) electrons. The Hall–Kier alpha value is -1.90. The van der Waals surface area contributed by atoms with E-state index >= 15 is 0 Å². The van der Waals surface area contributed by atoms with Gasteiger partial charge in [-0.25, -0.2) is 4.99 Å². The molecular formula is C14H16N2O. The quantitative estimate of drug-likeness (QED) is 0.794. The molecule has 1 N–H and O–H groups in total. The van der Waals surface area contributed by atoms with Crippen LogP contribution in [0, 0.1) is 0 Å². The van der Waals surface area contributed by atoms with Crippen LogP contribution >= 0.6 is 0 Å². The van der Waals surface area contributed by atoms with Gasteiger partial charge in [0.2, 0.25) is 0 Å². The Balaban J connectivity index is 2.35. The molecule has 1 heterocycles. The second-order valence-electron chi connectivity index (χ2n) is 4.10. The summed E-state index contributed by atoms with van der Waals surface area (Å²) in [6, 6.07) is 9.86. The molecule has 3 nitrogen and oxygen atoms in total. The summed E-state index contributed by atoms with van der Waals surface area (Å²) < 4.78 is 0. The molecule has 0 unspecified atom stereocenters. The second kappa shape index (κ2) is 4.95. The maximum absolute atomic E-state index is 11.8. The Morgan fingerprint density at radius 1 is 1.29 bits per heavy atom. The van der Waals surface area contributed by atoms with E-state index in [2.05, 4.69) is 17.2 Å². The largest absolute Gasteiger partial charge is 0.309 e. The summed E-state index contributed by atoms with van der Waals surface area (Å²) in [5.41, 5.74) is 2.51. The molecule has 88 valence electrons. The summed E-state index contributed by atoms with van der Waals surface area (Å²) in [5, 5.41) is 2.81. The zero-order chi connectivity index (χ0) is 12.3. The molecule has 0 aromatic heterocycles. The molecular weight excluding hydrogens is 212 g/mol. The molecule has 1 aromatic carbocycles. The summed E-state index contributed by atoms with van der Waals surface area (Å²) in [6.45, 7) is 4.00. The molecule has 1 aliphatic heterocycles. The van der Waals surface area contributed by atoms with E-state index in [1.807, 2.05) is 37.3 Å². The molecule has 17 heavy (non-hydrogen) atoms. The van der Waals surface area contributed by atoms with Crippen LogP contribution in [-0.2, 0) is 4.79 Å². The molecule has 0 aliphatic carbocycles. The van der Waals surface area contributed by atoms with Crippen LogP contribution in [-0.4, -0.2) is 11.7 Å². The van der Waals surface area contributed by atoms with Crippen LogP contribution in [0.1, 0.15) is 32.3 Å². The van der Waals surface area contributed by atoms with Crippen LogP contribution in [0.5, 0.6) is 0 Å². The minimum absolute atomic E-state index is 0.0881. The van der Waals surface area contributed by atoms with E-state index in [4.69, 9.17) is 0 Å². The number of rotatable bonds is 3. The van der Waals surface area contributed by atoms with Crippen LogP contribution in [0.4, 0.5) is 0 Å². The predicted octanol–water partition coefficient (Wildman–Crippen LogP) is 2.75. The number of carbonyl (C=O) groups excluding carboxylic acids is 1. The first-order valence-corrected chi connectivity index (χ1v) is 5.87.